The van der Waals surface area contributed by atoms with E-state index in [0.29, 0.717) is 0 Å². The lowest BCUT2D eigenvalue weighted by molar-refractivity contribution is 0.250. The number of unbranched alkanes of at least 4 members (excludes halogenated alkanes) is 1. The minimum absolute atomic E-state index is 0.869. The first-order valence-electron chi connectivity index (χ1n) is 7.86. The molecule has 0 amide bonds. The van der Waals surface area contributed by atoms with Crippen LogP contribution in [0.3, 0.4) is 0 Å². The van der Waals surface area contributed by atoms with E-state index in [1.165, 1.54) is 43.4 Å². The van der Waals surface area contributed by atoms with E-state index in [1.807, 2.05) is 0 Å². The van der Waals surface area contributed by atoms with Crippen molar-refractivity contribution in [3.05, 3.63) is 35.4 Å². The molecule has 19 heavy (non-hydrogen) atoms. The van der Waals surface area contributed by atoms with Gasteiger partial charge in [0, 0.05) is 19.1 Å². The molecular weight excluding hydrogens is 232 g/mol. The number of hydrogen-bond acceptors (Lipinski definition) is 2. The van der Waals surface area contributed by atoms with Crippen LogP contribution in [0.15, 0.2) is 24.3 Å². The Morgan fingerprint density at radius 1 is 1.11 bits per heavy atom. The Kier molecular flexibility index (Phi) is 5.87. The molecule has 2 rings (SSSR count). The van der Waals surface area contributed by atoms with Gasteiger partial charge in [-0.3, -0.25) is 4.90 Å². The molecule has 1 aromatic rings. The number of benzene rings is 1. The average molecular weight is 260 g/mol. The van der Waals surface area contributed by atoms with E-state index in [0.717, 1.165) is 25.7 Å². The van der Waals surface area contributed by atoms with Crippen LogP contribution in [-0.2, 0) is 13.1 Å². The number of hydrogen-bond donors (Lipinski definition) is 1. The molecule has 0 bridgehead atoms. The van der Waals surface area contributed by atoms with E-state index < -0.39 is 0 Å². The van der Waals surface area contributed by atoms with Crippen LogP contribution >= 0.6 is 0 Å². The fourth-order valence-electron chi connectivity index (χ4n) is 2.46. The van der Waals surface area contributed by atoms with Gasteiger partial charge in [0.2, 0.25) is 0 Å². The summed E-state index contributed by atoms with van der Waals surface area (Å²) in [7, 11) is 0. The maximum atomic E-state index is 3.37. The van der Waals surface area contributed by atoms with Crippen molar-refractivity contribution >= 4 is 0 Å². The van der Waals surface area contributed by atoms with Crippen LogP contribution in [0.1, 0.15) is 50.7 Å². The third-order valence-corrected chi connectivity index (χ3v) is 3.85. The summed E-state index contributed by atoms with van der Waals surface area (Å²) < 4.78 is 0. The Morgan fingerprint density at radius 3 is 2.37 bits per heavy atom. The zero-order valence-corrected chi connectivity index (χ0v) is 12.5. The monoisotopic (exact) mass is 260 g/mol. The molecule has 1 fully saturated rings. The molecule has 0 spiro atoms. The third kappa shape index (κ3) is 4.96. The van der Waals surface area contributed by atoms with Crippen LogP contribution in [0.2, 0.25) is 0 Å². The van der Waals surface area contributed by atoms with E-state index in [9.17, 15) is 0 Å². The molecule has 1 N–H and O–H groups in total. The molecule has 1 aromatic carbocycles. The second kappa shape index (κ2) is 7.66. The van der Waals surface area contributed by atoms with Crippen molar-refractivity contribution in [3.8, 4) is 0 Å². The first-order chi connectivity index (χ1) is 9.33. The summed E-state index contributed by atoms with van der Waals surface area (Å²) in [5.41, 5.74) is 2.85. The van der Waals surface area contributed by atoms with Crippen molar-refractivity contribution in [2.75, 3.05) is 13.1 Å². The van der Waals surface area contributed by atoms with Crippen molar-refractivity contribution in [3.63, 3.8) is 0 Å². The molecule has 0 saturated heterocycles. The maximum absolute atomic E-state index is 3.37. The molecule has 0 aromatic heterocycles. The molecule has 0 atom stereocenters. The zero-order valence-electron chi connectivity index (χ0n) is 12.5. The fraction of sp³-hybridized carbons (Fsp3) is 0.647. The van der Waals surface area contributed by atoms with Crippen molar-refractivity contribution < 1.29 is 0 Å². The second-order valence-electron chi connectivity index (χ2n) is 5.65. The number of rotatable bonds is 9. The molecule has 2 nitrogen and oxygen atoms in total. The highest BCUT2D eigenvalue weighted by Gasteiger charge is 2.28. The molecular formula is C17H28N2. The van der Waals surface area contributed by atoms with Crippen molar-refractivity contribution in [2.45, 2.75) is 58.7 Å². The van der Waals surface area contributed by atoms with Crippen LogP contribution in [0.5, 0.6) is 0 Å². The Labute approximate surface area is 118 Å². The molecule has 1 aliphatic rings. The van der Waals surface area contributed by atoms with Crippen LogP contribution in [-0.4, -0.2) is 24.0 Å². The minimum Gasteiger partial charge on any atom is -0.313 e. The predicted octanol–water partition coefficient (Wildman–Crippen LogP) is 3.56. The second-order valence-corrected chi connectivity index (χ2v) is 5.65. The van der Waals surface area contributed by atoms with Gasteiger partial charge in [0.15, 0.2) is 0 Å². The lowest BCUT2D eigenvalue weighted by Crippen LogP contribution is -2.26. The van der Waals surface area contributed by atoms with E-state index in [1.54, 1.807) is 0 Å². The third-order valence-electron chi connectivity index (χ3n) is 3.85. The average Bonchev–Trinajstić information content (AvgIpc) is 3.27. The van der Waals surface area contributed by atoms with Gasteiger partial charge in [0.05, 0.1) is 0 Å². The van der Waals surface area contributed by atoms with Gasteiger partial charge in [-0.15, -0.1) is 0 Å². The highest BCUT2D eigenvalue weighted by Crippen LogP contribution is 2.28. The van der Waals surface area contributed by atoms with Gasteiger partial charge in [-0.05, 0) is 43.5 Å². The van der Waals surface area contributed by atoms with Crippen LogP contribution in [0.25, 0.3) is 0 Å². The SMILES string of the molecule is CCCCN(Cc1ccc(CNCC)cc1)C1CC1. The fourth-order valence-corrected chi connectivity index (χ4v) is 2.46. The standard InChI is InChI=1S/C17H28N2/c1-3-5-12-19(17-10-11-17)14-16-8-6-15(7-9-16)13-18-4-2/h6-9,17-18H,3-5,10-14H2,1-2H3. The summed E-state index contributed by atoms with van der Waals surface area (Å²) in [6.45, 7) is 8.84. The summed E-state index contributed by atoms with van der Waals surface area (Å²) in [6.07, 6.45) is 5.43. The molecule has 0 aliphatic heterocycles. The van der Waals surface area contributed by atoms with Gasteiger partial charge < -0.3 is 5.32 Å². The molecule has 0 unspecified atom stereocenters. The first-order valence-corrected chi connectivity index (χ1v) is 7.86. The highest BCUT2D eigenvalue weighted by atomic mass is 15.2. The Balaban J connectivity index is 1.86. The summed E-state index contributed by atoms with van der Waals surface area (Å²) in [6, 6.07) is 10.0. The smallest absolute Gasteiger partial charge is 0.0236 e. The minimum atomic E-state index is 0.869. The molecule has 0 radical (unpaired) electrons. The summed E-state index contributed by atoms with van der Waals surface area (Å²) in [5.74, 6) is 0. The molecule has 2 heteroatoms. The quantitative estimate of drug-likeness (QED) is 0.730. The van der Waals surface area contributed by atoms with E-state index in [-0.39, 0.29) is 0 Å². The molecule has 0 heterocycles. The predicted molar refractivity (Wildman–Crippen MR) is 82.2 cm³/mol. The van der Waals surface area contributed by atoms with Gasteiger partial charge >= 0.3 is 0 Å². The zero-order chi connectivity index (χ0) is 13.5. The number of nitrogens with one attached hydrogen (secondary N) is 1. The molecule has 1 aliphatic carbocycles. The van der Waals surface area contributed by atoms with Gasteiger partial charge in [-0.2, -0.15) is 0 Å². The van der Waals surface area contributed by atoms with E-state index in [2.05, 4.69) is 48.3 Å². The number of nitrogens with zero attached hydrogens (tertiary/aromatic N) is 1. The van der Waals surface area contributed by atoms with Gasteiger partial charge in [-0.25, -0.2) is 0 Å². The lowest BCUT2D eigenvalue weighted by atomic mass is 10.1. The van der Waals surface area contributed by atoms with Gasteiger partial charge in [0.25, 0.3) is 0 Å². The summed E-state index contributed by atoms with van der Waals surface area (Å²) in [4.78, 5) is 2.67. The highest BCUT2D eigenvalue weighted by molar-refractivity contribution is 5.22. The van der Waals surface area contributed by atoms with E-state index >= 15 is 0 Å². The Hall–Kier alpha value is -0.860. The van der Waals surface area contributed by atoms with Gasteiger partial charge in [-0.1, -0.05) is 44.5 Å². The van der Waals surface area contributed by atoms with Crippen molar-refractivity contribution in [1.29, 1.82) is 0 Å². The maximum Gasteiger partial charge on any atom is 0.0236 e. The Morgan fingerprint density at radius 2 is 1.79 bits per heavy atom. The van der Waals surface area contributed by atoms with Crippen molar-refractivity contribution in [2.24, 2.45) is 0 Å². The van der Waals surface area contributed by atoms with E-state index in [4.69, 9.17) is 0 Å². The summed E-state index contributed by atoms with van der Waals surface area (Å²) >= 11 is 0. The molecule has 106 valence electrons. The van der Waals surface area contributed by atoms with Crippen LogP contribution in [0.4, 0.5) is 0 Å². The molecule has 1 saturated carbocycles. The summed E-state index contributed by atoms with van der Waals surface area (Å²) in [5, 5.41) is 3.37. The topological polar surface area (TPSA) is 15.3 Å². The van der Waals surface area contributed by atoms with Gasteiger partial charge in [0.1, 0.15) is 0 Å². The first kappa shape index (κ1) is 14.5. The Bertz CT molecular complexity index is 354. The van der Waals surface area contributed by atoms with Crippen molar-refractivity contribution in [1.82, 2.24) is 10.2 Å². The normalized spacial score (nSPS) is 15.1. The van der Waals surface area contributed by atoms with Crippen LogP contribution in [0, 0.1) is 0 Å². The van der Waals surface area contributed by atoms with Crippen LogP contribution < -0.4 is 5.32 Å². The lowest BCUT2D eigenvalue weighted by Gasteiger charge is -2.22. The largest absolute Gasteiger partial charge is 0.313 e.